The number of hydrogen-bond acceptors (Lipinski definition) is 2. The summed E-state index contributed by atoms with van der Waals surface area (Å²) in [5.41, 5.74) is 0.744. The summed E-state index contributed by atoms with van der Waals surface area (Å²) in [7, 11) is 0. The SMILES string of the molecule is C=CCC(O)Cc1ccc(OC(F)(F)F)cc1. The Hall–Kier alpha value is -1.49. The van der Waals surface area contributed by atoms with Gasteiger partial charge in [-0.1, -0.05) is 18.2 Å². The lowest BCUT2D eigenvalue weighted by molar-refractivity contribution is -0.274. The minimum Gasteiger partial charge on any atom is -0.406 e. The largest absolute Gasteiger partial charge is 0.573 e. The quantitative estimate of drug-likeness (QED) is 0.809. The van der Waals surface area contributed by atoms with Crippen LogP contribution in [-0.4, -0.2) is 17.6 Å². The molecule has 0 bridgehead atoms. The highest BCUT2D eigenvalue weighted by Gasteiger charge is 2.30. The minimum absolute atomic E-state index is 0.264. The zero-order valence-corrected chi connectivity index (χ0v) is 9.07. The van der Waals surface area contributed by atoms with Gasteiger partial charge in [0.1, 0.15) is 5.75 Å². The Morgan fingerprint density at radius 2 is 1.88 bits per heavy atom. The summed E-state index contributed by atoms with van der Waals surface area (Å²) in [5, 5.41) is 9.48. The van der Waals surface area contributed by atoms with Crippen molar-refractivity contribution in [3.63, 3.8) is 0 Å². The van der Waals surface area contributed by atoms with E-state index in [2.05, 4.69) is 11.3 Å². The van der Waals surface area contributed by atoms with Crippen LogP contribution in [-0.2, 0) is 6.42 Å². The van der Waals surface area contributed by atoms with Crippen LogP contribution in [0.2, 0.25) is 0 Å². The Bertz CT molecular complexity index is 357. The number of ether oxygens (including phenoxy) is 1. The molecule has 0 aliphatic heterocycles. The Morgan fingerprint density at radius 3 is 2.35 bits per heavy atom. The van der Waals surface area contributed by atoms with Crippen LogP contribution in [0.3, 0.4) is 0 Å². The van der Waals surface area contributed by atoms with Gasteiger partial charge in [0.2, 0.25) is 0 Å². The first-order valence-electron chi connectivity index (χ1n) is 5.04. The number of benzene rings is 1. The van der Waals surface area contributed by atoms with Crippen molar-refractivity contribution >= 4 is 0 Å². The molecule has 2 nitrogen and oxygen atoms in total. The molecule has 1 atom stereocenters. The summed E-state index contributed by atoms with van der Waals surface area (Å²) in [6.45, 7) is 3.49. The highest BCUT2D eigenvalue weighted by atomic mass is 19.4. The van der Waals surface area contributed by atoms with Gasteiger partial charge in [-0.3, -0.25) is 0 Å². The van der Waals surface area contributed by atoms with Crippen molar-refractivity contribution in [1.29, 1.82) is 0 Å². The van der Waals surface area contributed by atoms with E-state index >= 15 is 0 Å². The molecule has 94 valence electrons. The lowest BCUT2D eigenvalue weighted by Crippen LogP contribution is -2.17. The van der Waals surface area contributed by atoms with Crippen molar-refractivity contribution < 1.29 is 23.0 Å². The molecule has 0 fully saturated rings. The maximum atomic E-state index is 11.9. The number of rotatable bonds is 5. The molecule has 1 unspecified atom stereocenters. The van der Waals surface area contributed by atoms with Gasteiger partial charge < -0.3 is 9.84 Å². The monoisotopic (exact) mass is 246 g/mol. The van der Waals surface area contributed by atoms with E-state index in [0.717, 1.165) is 5.56 Å². The van der Waals surface area contributed by atoms with Crippen molar-refractivity contribution in [2.45, 2.75) is 25.3 Å². The predicted octanol–water partition coefficient (Wildman–Crippen LogP) is 3.06. The molecule has 0 spiro atoms. The molecule has 1 rings (SSSR count). The lowest BCUT2D eigenvalue weighted by Gasteiger charge is -2.10. The van der Waals surface area contributed by atoms with Gasteiger partial charge in [-0.25, -0.2) is 0 Å². The molecule has 0 aliphatic carbocycles. The Labute approximate surface area is 97.3 Å². The van der Waals surface area contributed by atoms with Gasteiger partial charge in [0, 0.05) is 0 Å². The van der Waals surface area contributed by atoms with E-state index in [0.29, 0.717) is 12.8 Å². The molecule has 0 aliphatic rings. The first-order chi connectivity index (χ1) is 7.90. The summed E-state index contributed by atoms with van der Waals surface area (Å²) in [6.07, 6.45) is -2.84. The summed E-state index contributed by atoms with van der Waals surface area (Å²) >= 11 is 0. The standard InChI is InChI=1S/C12H13F3O2/c1-2-3-10(16)8-9-4-6-11(7-5-9)17-12(13,14)15/h2,4-7,10,16H,1,3,8H2. The minimum atomic E-state index is -4.68. The second-order valence-electron chi connectivity index (χ2n) is 3.57. The normalized spacial score (nSPS) is 13.2. The van der Waals surface area contributed by atoms with Gasteiger partial charge in [-0.05, 0) is 30.5 Å². The van der Waals surface area contributed by atoms with E-state index in [-0.39, 0.29) is 5.75 Å². The first-order valence-corrected chi connectivity index (χ1v) is 5.04. The van der Waals surface area contributed by atoms with Gasteiger partial charge in [-0.2, -0.15) is 0 Å². The lowest BCUT2D eigenvalue weighted by atomic mass is 10.1. The maximum Gasteiger partial charge on any atom is 0.573 e. The summed E-state index contributed by atoms with van der Waals surface area (Å²) in [4.78, 5) is 0. The second-order valence-corrected chi connectivity index (χ2v) is 3.57. The van der Waals surface area contributed by atoms with Crippen molar-refractivity contribution in [2.75, 3.05) is 0 Å². The Morgan fingerprint density at radius 1 is 1.29 bits per heavy atom. The maximum absolute atomic E-state index is 11.9. The average molecular weight is 246 g/mol. The molecule has 0 amide bonds. The van der Waals surface area contributed by atoms with E-state index in [1.54, 1.807) is 6.08 Å². The number of halogens is 3. The van der Waals surface area contributed by atoms with E-state index in [9.17, 15) is 18.3 Å². The van der Waals surface area contributed by atoms with Crippen LogP contribution in [0.1, 0.15) is 12.0 Å². The number of alkyl halides is 3. The number of aliphatic hydroxyl groups is 1. The van der Waals surface area contributed by atoms with Gasteiger partial charge >= 0.3 is 6.36 Å². The fourth-order valence-corrected chi connectivity index (χ4v) is 1.38. The van der Waals surface area contributed by atoms with Crippen molar-refractivity contribution in [2.24, 2.45) is 0 Å². The Kier molecular flexibility index (Phi) is 4.57. The third-order valence-corrected chi connectivity index (χ3v) is 2.07. The highest BCUT2D eigenvalue weighted by molar-refractivity contribution is 5.27. The molecular weight excluding hydrogens is 233 g/mol. The van der Waals surface area contributed by atoms with Crippen molar-refractivity contribution in [3.05, 3.63) is 42.5 Å². The van der Waals surface area contributed by atoms with E-state index in [4.69, 9.17) is 0 Å². The molecule has 0 radical (unpaired) electrons. The molecule has 1 N–H and O–H groups in total. The summed E-state index contributed by atoms with van der Waals surface area (Å²) in [6, 6.07) is 5.44. The number of hydrogen-bond donors (Lipinski definition) is 1. The van der Waals surface area contributed by atoms with Crippen LogP contribution < -0.4 is 4.74 Å². The topological polar surface area (TPSA) is 29.5 Å². The zero-order chi connectivity index (χ0) is 12.9. The van der Waals surface area contributed by atoms with Gasteiger partial charge in [0.25, 0.3) is 0 Å². The molecule has 0 heterocycles. The van der Waals surface area contributed by atoms with E-state index in [1.807, 2.05) is 0 Å². The van der Waals surface area contributed by atoms with Crippen LogP contribution in [0.25, 0.3) is 0 Å². The summed E-state index contributed by atoms with van der Waals surface area (Å²) < 4.78 is 39.4. The highest BCUT2D eigenvalue weighted by Crippen LogP contribution is 2.23. The van der Waals surface area contributed by atoms with Gasteiger partial charge in [0.15, 0.2) is 0 Å². The van der Waals surface area contributed by atoms with Crippen LogP contribution in [0, 0.1) is 0 Å². The van der Waals surface area contributed by atoms with Crippen LogP contribution in [0.4, 0.5) is 13.2 Å². The molecular formula is C12H13F3O2. The molecule has 0 saturated carbocycles. The van der Waals surface area contributed by atoms with E-state index in [1.165, 1.54) is 24.3 Å². The Balaban J connectivity index is 2.59. The molecule has 5 heteroatoms. The van der Waals surface area contributed by atoms with Crippen molar-refractivity contribution in [3.8, 4) is 5.75 Å². The predicted molar refractivity (Wildman–Crippen MR) is 57.6 cm³/mol. The third-order valence-electron chi connectivity index (χ3n) is 2.07. The second kappa shape index (κ2) is 5.72. The van der Waals surface area contributed by atoms with E-state index < -0.39 is 12.5 Å². The van der Waals surface area contributed by atoms with Crippen molar-refractivity contribution in [1.82, 2.24) is 0 Å². The molecule has 0 aromatic heterocycles. The zero-order valence-electron chi connectivity index (χ0n) is 9.07. The smallest absolute Gasteiger partial charge is 0.406 e. The van der Waals surface area contributed by atoms with Gasteiger partial charge in [0.05, 0.1) is 6.10 Å². The van der Waals surface area contributed by atoms with Crippen LogP contribution in [0.5, 0.6) is 5.75 Å². The fraction of sp³-hybridized carbons (Fsp3) is 0.333. The number of aliphatic hydroxyl groups excluding tert-OH is 1. The van der Waals surface area contributed by atoms with Crippen LogP contribution >= 0.6 is 0 Å². The fourth-order valence-electron chi connectivity index (χ4n) is 1.38. The first kappa shape index (κ1) is 13.6. The molecule has 17 heavy (non-hydrogen) atoms. The van der Waals surface area contributed by atoms with Gasteiger partial charge in [-0.15, -0.1) is 19.8 Å². The summed E-state index contributed by atoms with van der Waals surface area (Å²) in [5.74, 6) is -0.264. The molecule has 1 aromatic carbocycles. The molecule has 1 aromatic rings. The molecule has 0 saturated heterocycles. The third kappa shape index (κ3) is 5.40. The average Bonchev–Trinajstić information content (AvgIpc) is 2.19. The van der Waals surface area contributed by atoms with Crippen LogP contribution in [0.15, 0.2) is 36.9 Å².